The predicted octanol–water partition coefficient (Wildman–Crippen LogP) is 1.56. The van der Waals surface area contributed by atoms with Crippen molar-refractivity contribution in [2.45, 2.75) is 45.4 Å². The fraction of sp³-hybridized carbons (Fsp3) is 0.750. The highest BCUT2D eigenvalue weighted by molar-refractivity contribution is 4.97. The van der Waals surface area contributed by atoms with Gasteiger partial charge in [0.25, 0.3) is 0 Å². The lowest BCUT2D eigenvalue weighted by Gasteiger charge is -2.12. The van der Waals surface area contributed by atoms with E-state index in [1.54, 1.807) is 0 Å². The van der Waals surface area contributed by atoms with Crippen LogP contribution in [0.25, 0.3) is 0 Å². The Morgan fingerprint density at radius 1 is 1.62 bits per heavy atom. The van der Waals surface area contributed by atoms with Crippen molar-refractivity contribution in [2.24, 2.45) is 0 Å². The van der Waals surface area contributed by atoms with Crippen LogP contribution in [0, 0.1) is 0 Å². The first-order valence-electron chi connectivity index (χ1n) is 6.21. The summed E-state index contributed by atoms with van der Waals surface area (Å²) in [4.78, 5) is 4.20. The molecule has 1 N–H and O–H groups in total. The maximum atomic E-state index is 5.62. The Hall–Kier alpha value is -0.870. The molecule has 4 nitrogen and oxygen atoms in total. The lowest BCUT2D eigenvalue weighted by atomic mass is 10.2. The Morgan fingerprint density at radius 3 is 3.31 bits per heavy atom. The zero-order valence-corrected chi connectivity index (χ0v) is 9.98. The molecule has 0 amide bonds. The third-order valence-corrected chi connectivity index (χ3v) is 3.07. The van der Waals surface area contributed by atoms with Gasteiger partial charge in [0.1, 0.15) is 0 Å². The van der Waals surface area contributed by atoms with Crippen molar-refractivity contribution in [2.75, 3.05) is 13.2 Å². The molecule has 0 bridgehead atoms. The number of hydrogen-bond acceptors (Lipinski definition) is 3. The molecule has 0 aliphatic carbocycles. The fourth-order valence-corrected chi connectivity index (χ4v) is 2.10. The Balaban J connectivity index is 1.80. The summed E-state index contributed by atoms with van der Waals surface area (Å²) in [5, 5.41) is 3.33. The van der Waals surface area contributed by atoms with E-state index in [0.29, 0.717) is 6.10 Å². The third-order valence-electron chi connectivity index (χ3n) is 3.07. The molecule has 2 rings (SSSR count). The smallest absolute Gasteiger partial charge is 0.0948 e. The molecular weight excluding hydrogens is 202 g/mol. The summed E-state index contributed by atoms with van der Waals surface area (Å²) >= 11 is 0. The first-order valence-corrected chi connectivity index (χ1v) is 6.21. The van der Waals surface area contributed by atoms with Gasteiger partial charge in [-0.3, -0.25) is 0 Å². The van der Waals surface area contributed by atoms with Crippen molar-refractivity contribution in [1.29, 1.82) is 0 Å². The molecule has 1 atom stereocenters. The molecule has 1 aromatic heterocycles. The largest absolute Gasteiger partial charge is 0.378 e. The number of ether oxygens (including phenoxy) is 1. The molecule has 1 fully saturated rings. The van der Waals surface area contributed by atoms with Crippen molar-refractivity contribution >= 4 is 0 Å². The van der Waals surface area contributed by atoms with E-state index in [9.17, 15) is 0 Å². The van der Waals surface area contributed by atoms with Crippen LogP contribution < -0.4 is 5.32 Å². The molecule has 1 aromatic rings. The fourth-order valence-electron chi connectivity index (χ4n) is 2.10. The molecule has 0 saturated carbocycles. The summed E-state index contributed by atoms with van der Waals surface area (Å²) in [5.74, 6) is 0. The first-order chi connectivity index (χ1) is 7.90. The molecular formula is C12H21N3O. The topological polar surface area (TPSA) is 39.1 Å². The summed E-state index contributed by atoms with van der Waals surface area (Å²) < 4.78 is 7.85. The lowest BCUT2D eigenvalue weighted by molar-refractivity contribution is 0.100. The molecule has 1 aliphatic rings. The van der Waals surface area contributed by atoms with Gasteiger partial charge in [-0.15, -0.1) is 0 Å². The average Bonchev–Trinajstić information content (AvgIpc) is 2.94. The molecule has 0 radical (unpaired) electrons. The van der Waals surface area contributed by atoms with Crippen LogP contribution in [0.5, 0.6) is 0 Å². The first kappa shape index (κ1) is 11.6. The molecule has 0 aromatic carbocycles. The lowest BCUT2D eigenvalue weighted by Crippen LogP contribution is -2.17. The number of rotatable bonds is 6. The molecule has 1 saturated heterocycles. The van der Waals surface area contributed by atoms with Crippen molar-refractivity contribution in [1.82, 2.24) is 14.9 Å². The minimum Gasteiger partial charge on any atom is -0.378 e. The zero-order valence-electron chi connectivity index (χ0n) is 9.98. The quantitative estimate of drug-likeness (QED) is 0.795. The van der Waals surface area contributed by atoms with Crippen LogP contribution in [-0.2, 0) is 17.8 Å². The van der Waals surface area contributed by atoms with E-state index in [0.717, 1.165) is 32.7 Å². The van der Waals surface area contributed by atoms with Crippen LogP contribution in [0.3, 0.4) is 0 Å². The van der Waals surface area contributed by atoms with E-state index in [2.05, 4.69) is 21.8 Å². The highest BCUT2D eigenvalue weighted by atomic mass is 16.5. The number of nitrogens with zero attached hydrogens (tertiary/aromatic N) is 2. The Labute approximate surface area is 97.0 Å². The van der Waals surface area contributed by atoms with E-state index in [1.807, 2.05) is 12.5 Å². The molecule has 2 heterocycles. The summed E-state index contributed by atoms with van der Waals surface area (Å²) in [7, 11) is 0. The standard InChI is InChI=1S/C12H21N3O/c1-2-13-8-11-9-14-10-15(11)6-5-12-4-3-7-16-12/h9-10,12-13H,2-8H2,1H3. The minimum absolute atomic E-state index is 0.467. The van der Waals surface area contributed by atoms with Crippen LogP contribution in [0.4, 0.5) is 0 Å². The van der Waals surface area contributed by atoms with Crippen molar-refractivity contribution in [3.05, 3.63) is 18.2 Å². The van der Waals surface area contributed by atoms with Crippen LogP contribution in [0.2, 0.25) is 0 Å². The SMILES string of the molecule is CCNCc1cncn1CCC1CCCO1. The normalized spacial score (nSPS) is 20.4. The van der Waals surface area contributed by atoms with Gasteiger partial charge >= 0.3 is 0 Å². The molecule has 90 valence electrons. The van der Waals surface area contributed by atoms with E-state index < -0.39 is 0 Å². The molecule has 16 heavy (non-hydrogen) atoms. The van der Waals surface area contributed by atoms with Gasteiger partial charge in [-0.2, -0.15) is 0 Å². The third kappa shape index (κ3) is 3.06. The van der Waals surface area contributed by atoms with Gasteiger partial charge in [0.05, 0.1) is 18.1 Å². The number of aromatic nitrogens is 2. The molecule has 0 spiro atoms. The monoisotopic (exact) mass is 223 g/mol. The number of hydrogen-bond donors (Lipinski definition) is 1. The summed E-state index contributed by atoms with van der Waals surface area (Å²) in [6, 6.07) is 0. The van der Waals surface area contributed by atoms with E-state index in [4.69, 9.17) is 4.74 Å². The summed E-state index contributed by atoms with van der Waals surface area (Å²) in [6.07, 6.45) is 7.88. The Morgan fingerprint density at radius 2 is 2.56 bits per heavy atom. The Kier molecular flexibility index (Phi) is 4.36. The second-order valence-electron chi connectivity index (χ2n) is 4.28. The second-order valence-corrected chi connectivity index (χ2v) is 4.28. The van der Waals surface area contributed by atoms with Gasteiger partial charge in [0.15, 0.2) is 0 Å². The minimum atomic E-state index is 0.467. The van der Waals surface area contributed by atoms with Gasteiger partial charge in [0, 0.05) is 25.9 Å². The van der Waals surface area contributed by atoms with E-state index in [-0.39, 0.29) is 0 Å². The van der Waals surface area contributed by atoms with Crippen LogP contribution >= 0.6 is 0 Å². The maximum Gasteiger partial charge on any atom is 0.0948 e. The number of imidazole rings is 1. The summed E-state index contributed by atoms with van der Waals surface area (Å²) in [6.45, 7) is 5.98. The van der Waals surface area contributed by atoms with E-state index in [1.165, 1.54) is 18.5 Å². The summed E-state index contributed by atoms with van der Waals surface area (Å²) in [5.41, 5.74) is 1.26. The van der Waals surface area contributed by atoms with Gasteiger partial charge in [-0.1, -0.05) is 6.92 Å². The second kappa shape index (κ2) is 6.01. The van der Waals surface area contributed by atoms with Gasteiger partial charge in [0.2, 0.25) is 0 Å². The number of aryl methyl sites for hydroxylation is 1. The van der Waals surface area contributed by atoms with Crippen molar-refractivity contribution in [3.8, 4) is 0 Å². The van der Waals surface area contributed by atoms with Gasteiger partial charge in [-0.05, 0) is 25.8 Å². The highest BCUT2D eigenvalue weighted by Crippen LogP contribution is 2.16. The molecule has 1 aliphatic heterocycles. The zero-order chi connectivity index (χ0) is 11.2. The van der Waals surface area contributed by atoms with Crippen molar-refractivity contribution in [3.63, 3.8) is 0 Å². The van der Waals surface area contributed by atoms with Gasteiger partial charge in [-0.25, -0.2) is 4.98 Å². The van der Waals surface area contributed by atoms with Crippen LogP contribution in [0.15, 0.2) is 12.5 Å². The average molecular weight is 223 g/mol. The number of nitrogens with one attached hydrogen (secondary N) is 1. The maximum absolute atomic E-state index is 5.62. The van der Waals surface area contributed by atoms with Crippen LogP contribution in [-0.4, -0.2) is 28.8 Å². The molecule has 4 heteroatoms. The molecule has 1 unspecified atom stereocenters. The predicted molar refractivity (Wildman–Crippen MR) is 63.2 cm³/mol. The Bertz CT molecular complexity index is 305. The van der Waals surface area contributed by atoms with E-state index >= 15 is 0 Å². The highest BCUT2D eigenvalue weighted by Gasteiger charge is 2.15. The van der Waals surface area contributed by atoms with Crippen molar-refractivity contribution < 1.29 is 4.74 Å². The van der Waals surface area contributed by atoms with Gasteiger partial charge < -0.3 is 14.6 Å². The van der Waals surface area contributed by atoms with Crippen LogP contribution in [0.1, 0.15) is 31.9 Å².